The van der Waals surface area contributed by atoms with Crippen molar-refractivity contribution in [3.8, 4) is 0 Å². The molecule has 1 aliphatic rings. The van der Waals surface area contributed by atoms with Crippen LogP contribution in [0.4, 0.5) is 0 Å². The number of nitrogens with zero attached hydrogens (tertiary/aromatic N) is 1. The monoisotopic (exact) mass is 312 g/mol. The molecule has 5 nitrogen and oxygen atoms in total. The van der Waals surface area contributed by atoms with Gasteiger partial charge in [-0.3, -0.25) is 4.98 Å². The average Bonchev–Trinajstić information content (AvgIpc) is 2.46. The van der Waals surface area contributed by atoms with Crippen molar-refractivity contribution < 1.29 is 13.5 Å². The van der Waals surface area contributed by atoms with Crippen LogP contribution in [0.15, 0.2) is 24.4 Å². The normalized spacial score (nSPS) is 26.7. The quantitative estimate of drug-likeness (QED) is 0.834. The number of aromatic nitrogens is 1. The van der Waals surface area contributed by atoms with Crippen LogP contribution in [-0.2, 0) is 16.4 Å². The Labute approximate surface area is 126 Å². The molecule has 1 aliphatic carbocycles. The van der Waals surface area contributed by atoms with Crippen LogP contribution in [0.5, 0.6) is 0 Å². The molecule has 2 unspecified atom stereocenters. The molecule has 1 fully saturated rings. The van der Waals surface area contributed by atoms with E-state index in [9.17, 15) is 13.5 Å². The minimum absolute atomic E-state index is 0.000143. The Morgan fingerprint density at radius 2 is 2.29 bits per heavy atom. The Morgan fingerprint density at radius 1 is 1.48 bits per heavy atom. The fourth-order valence-corrected chi connectivity index (χ4v) is 4.58. The molecule has 2 rings (SSSR count). The summed E-state index contributed by atoms with van der Waals surface area (Å²) in [6, 6.07) is 5.47. The molecule has 21 heavy (non-hydrogen) atoms. The Bertz CT molecular complexity index is 547. The smallest absolute Gasteiger partial charge is 0.212 e. The molecule has 0 radical (unpaired) electrons. The lowest BCUT2D eigenvalue weighted by atomic mass is 9.78. The Balaban J connectivity index is 1.99. The molecule has 0 aromatic carbocycles. The van der Waals surface area contributed by atoms with E-state index in [1.807, 2.05) is 12.1 Å². The maximum Gasteiger partial charge on any atom is 0.212 e. The average molecular weight is 312 g/mol. The first kappa shape index (κ1) is 16.4. The number of nitrogens with one attached hydrogen (secondary N) is 1. The number of pyridine rings is 1. The first-order valence-electron chi connectivity index (χ1n) is 7.47. The van der Waals surface area contributed by atoms with E-state index < -0.39 is 15.6 Å². The number of sulfonamides is 1. The Hall–Kier alpha value is -0.980. The van der Waals surface area contributed by atoms with Crippen molar-refractivity contribution in [3.63, 3.8) is 0 Å². The molecule has 6 heteroatoms. The van der Waals surface area contributed by atoms with Crippen molar-refractivity contribution >= 4 is 10.0 Å². The van der Waals surface area contributed by atoms with Gasteiger partial charge in [-0.15, -0.1) is 0 Å². The molecule has 0 saturated heterocycles. The lowest BCUT2D eigenvalue weighted by Gasteiger charge is -2.39. The SMILES string of the molecule is CC1CCCC(CO)(NS(=O)(=O)CCc2ccccn2)C1. The van der Waals surface area contributed by atoms with Crippen molar-refractivity contribution in [1.82, 2.24) is 9.71 Å². The van der Waals surface area contributed by atoms with E-state index in [-0.39, 0.29) is 12.4 Å². The highest BCUT2D eigenvalue weighted by atomic mass is 32.2. The van der Waals surface area contributed by atoms with Crippen LogP contribution in [0.3, 0.4) is 0 Å². The highest BCUT2D eigenvalue weighted by molar-refractivity contribution is 7.89. The van der Waals surface area contributed by atoms with Crippen molar-refractivity contribution in [2.75, 3.05) is 12.4 Å². The van der Waals surface area contributed by atoms with Gasteiger partial charge in [0.1, 0.15) is 0 Å². The van der Waals surface area contributed by atoms with Gasteiger partial charge in [-0.2, -0.15) is 0 Å². The van der Waals surface area contributed by atoms with Gasteiger partial charge in [0.15, 0.2) is 0 Å². The van der Waals surface area contributed by atoms with E-state index in [0.29, 0.717) is 25.2 Å². The van der Waals surface area contributed by atoms with Crippen LogP contribution in [0.1, 0.15) is 38.3 Å². The van der Waals surface area contributed by atoms with Crippen molar-refractivity contribution in [1.29, 1.82) is 0 Å². The first-order chi connectivity index (χ1) is 9.95. The van der Waals surface area contributed by atoms with E-state index >= 15 is 0 Å². The molecule has 0 bridgehead atoms. The number of aliphatic hydroxyl groups excluding tert-OH is 1. The number of hydrogen-bond donors (Lipinski definition) is 2. The molecular weight excluding hydrogens is 288 g/mol. The van der Waals surface area contributed by atoms with Gasteiger partial charge in [0.05, 0.1) is 17.9 Å². The summed E-state index contributed by atoms with van der Waals surface area (Å²) in [5.41, 5.74) is 0.0820. The predicted molar refractivity (Wildman–Crippen MR) is 82.3 cm³/mol. The van der Waals surface area contributed by atoms with E-state index in [1.54, 1.807) is 12.3 Å². The topological polar surface area (TPSA) is 79.3 Å². The third-order valence-electron chi connectivity index (χ3n) is 4.12. The number of rotatable bonds is 6. The van der Waals surface area contributed by atoms with Gasteiger partial charge in [0, 0.05) is 18.3 Å². The zero-order valence-electron chi connectivity index (χ0n) is 12.5. The summed E-state index contributed by atoms with van der Waals surface area (Å²) in [5, 5.41) is 9.67. The standard InChI is InChI=1S/C15H24N2O3S/c1-13-5-4-8-15(11-13,12-18)17-21(19,20)10-7-14-6-2-3-9-16-14/h2-3,6,9,13,17-18H,4-5,7-8,10-12H2,1H3. The molecule has 2 atom stereocenters. The zero-order valence-corrected chi connectivity index (χ0v) is 13.3. The maximum absolute atomic E-state index is 12.3. The van der Waals surface area contributed by atoms with E-state index in [4.69, 9.17) is 0 Å². The lowest BCUT2D eigenvalue weighted by molar-refractivity contribution is 0.120. The fraction of sp³-hybridized carbons (Fsp3) is 0.667. The fourth-order valence-electron chi connectivity index (χ4n) is 3.09. The molecule has 0 spiro atoms. The van der Waals surface area contributed by atoms with Gasteiger partial charge >= 0.3 is 0 Å². The molecule has 1 aromatic rings. The second-order valence-corrected chi connectivity index (χ2v) is 7.97. The van der Waals surface area contributed by atoms with Crippen molar-refractivity contribution in [2.45, 2.75) is 44.6 Å². The van der Waals surface area contributed by atoms with Crippen molar-refractivity contribution in [2.24, 2.45) is 5.92 Å². The molecule has 0 amide bonds. The highest BCUT2D eigenvalue weighted by Gasteiger charge is 2.37. The van der Waals surface area contributed by atoms with Crippen molar-refractivity contribution in [3.05, 3.63) is 30.1 Å². The van der Waals surface area contributed by atoms with E-state index in [2.05, 4.69) is 16.6 Å². The third-order valence-corrected chi connectivity index (χ3v) is 5.60. The minimum Gasteiger partial charge on any atom is -0.394 e. The number of hydrogen-bond acceptors (Lipinski definition) is 4. The Morgan fingerprint density at radius 3 is 2.90 bits per heavy atom. The van der Waals surface area contributed by atoms with Gasteiger partial charge in [0.25, 0.3) is 0 Å². The highest BCUT2D eigenvalue weighted by Crippen LogP contribution is 2.32. The summed E-state index contributed by atoms with van der Waals surface area (Å²) in [6.45, 7) is 1.96. The summed E-state index contributed by atoms with van der Waals surface area (Å²) < 4.78 is 27.3. The third kappa shape index (κ3) is 4.76. The summed E-state index contributed by atoms with van der Waals surface area (Å²) in [4.78, 5) is 4.14. The number of aliphatic hydroxyl groups is 1. The molecule has 1 saturated carbocycles. The second-order valence-electron chi connectivity index (χ2n) is 6.13. The van der Waals surface area contributed by atoms with Crippen LogP contribution in [0, 0.1) is 5.92 Å². The van der Waals surface area contributed by atoms with Crippen LogP contribution in [0.2, 0.25) is 0 Å². The number of aryl methyl sites for hydroxylation is 1. The van der Waals surface area contributed by atoms with Gasteiger partial charge in [-0.1, -0.05) is 25.8 Å². The van der Waals surface area contributed by atoms with E-state index in [0.717, 1.165) is 18.5 Å². The molecule has 2 N–H and O–H groups in total. The van der Waals surface area contributed by atoms with E-state index in [1.165, 1.54) is 0 Å². The summed E-state index contributed by atoms with van der Waals surface area (Å²) in [5.74, 6) is 0.435. The second kappa shape index (κ2) is 6.85. The van der Waals surface area contributed by atoms with Crippen LogP contribution < -0.4 is 4.72 Å². The zero-order chi connectivity index (χ0) is 15.3. The summed E-state index contributed by atoms with van der Waals surface area (Å²) in [7, 11) is -3.42. The summed E-state index contributed by atoms with van der Waals surface area (Å²) >= 11 is 0. The largest absolute Gasteiger partial charge is 0.394 e. The van der Waals surface area contributed by atoms with Crippen LogP contribution in [0.25, 0.3) is 0 Å². The van der Waals surface area contributed by atoms with Gasteiger partial charge in [-0.25, -0.2) is 13.1 Å². The predicted octanol–water partition coefficient (Wildman–Crippen LogP) is 1.48. The molecule has 1 heterocycles. The van der Waals surface area contributed by atoms with Crippen LogP contribution in [-0.4, -0.2) is 36.4 Å². The molecule has 0 aliphatic heterocycles. The summed E-state index contributed by atoms with van der Waals surface area (Å²) in [6.07, 6.45) is 5.49. The minimum atomic E-state index is -3.42. The molecule has 1 aromatic heterocycles. The maximum atomic E-state index is 12.3. The Kier molecular flexibility index (Phi) is 5.35. The van der Waals surface area contributed by atoms with Gasteiger partial charge in [0.2, 0.25) is 10.0 Å². The lowest BCUT2D eigenvalue weighted by Crippen LogP contribution is -2.54. The molecular formula is C15H24N2O3S. The van der Waals surface area contributed by atoms with Gasteiger partial charge in [-0.05, 0) is 30.9 Å². The van der Waals surface area contributed by atoms with Gasteiger partial charge < -0.3 is 5.11 Å². The molecule has 118 valence electrons. The van der Waals surface area contributed by atoms with Crippen LogP contribution >= 0.6 is 0 Å². The first-order valence-corrected chi connectivity index (χ1v) is 9.12.